The molecule has 1 aromatic heterocycles. The number of nitrogens with zero attached hydrogens (tertiary/aromatic N) is 2. The Morgan fingerprint density at radius 3 is 3.05 bits per heavy atom. The zero-order valence-electron chi connectivity index (χ0n) is 12.4. The van der Waals surface area contributed by atoms with Crippen molar-refractivity contribution in [3.63, 3.8) is 0 Å². The molecule has 19 heavy (non-hydrogen) atoms. The van der Waals surface area contributed by atoms with E-state index >= 15 is 0 Å². The molecule has 1 saturated carbocycles. The van der Waals surface area contributed by atoms with Crippen molar-refractivity contribution in [2.45, 2.75) is 58.2 Å². The van der Waals surface area contributed by atoms with Crippen LogP contribution >= 0.6 is 0 Å². The van der Waals surface area contributed by atoms with Crippen LogP contribution < -0.4 is 5.32 Å². The number of ether oxygens (including phenoxy) is 1. The highest BCUT2D eigenvalue weighted by molar-refractivity contribution is 4.96. The molecule has 0 saturated heterocycles. The molecule has 1 N–H and O–H groups in total. The van der Waals surface area contributed by atoms with Crippen molar-refractivity contribution in [2.75, 3.05) is 13.7 Å². The molecule has 108 valence electrons. The van der Waals surface area contributed by atoms with Crippen LogP contribution in [0.4, 0.5) is 0 Å². The standard InChI is InChI=1S/C15H27N3O/c1-12(2)10-16-11-15-17-7-8-18(15)13-5-4-6-14(9-13)19-3/h7-8,12-14,16H,4-6,9-11H2,1-3H3. The topological polar surface area (TPSA) is 39.1 Å². The Balaban J connectivity index is 1.94. The molecule has 0 radical (unpaired) electrons. The van der Waals surface area contributed by atoms with Gasteiger partial charge in [-0.15, -0.1) is 0 Å². The van der Waals surface area contributed by atoms with Crippen molar-refractivity contribution in [1.82, 2.24) is 14.9 Å². The van der Waals surface area contributed by atoms with Gasteiger partial charge in [-0.3, -0.25) is 0 Å². The van der Waals surface area contributed by atoms with E-state index in [1.807, 2.05) is 13.3 Å². The van der Waals surface area contributed by atoms with Crippen LogP contribution in [0.5, 0.6) is 0 Å². The molecule has 2 rings (SSSR count). The number of hydrogen-bond donors (Lipinski definition) is 1. The van der Waals surface area contributed by atoms with E-state index < -0.39 is 0 Å². The maximum absolute atomic E-state index is 5.52. The van der Waals surface area contributed by atoms with Crippen LogP contribution in [0.1, 0.15) is 51.4 Å². The van der Waals surface area contributed by atoms with E-state index in [4.69, 9.17) is 4.74 Å². The Morgan fingerprint density at radius 1 is 1.47 bits per heavy atom. The maximum atomic E-state index is 5.52. The van der Waals surface area contributed by atoms with Gasteiger partial charge in [-0.2, -0.15) is 0 Å². The summed E-state index contributed by atoms with van der Waals surface area (Å²) in [5.74, 6) is 1.83. The zero-order valence-corrected chi connectivity index (χ0v) is 12.4. The fourth-order valence-corrected chi connectivity index (χ4v) is 2.87. The first-order valence-electron chi connectivity index (χ1n) is 7.46. The summed E-state index contributed by atoms with van der Waals surface area (Å²) < 4.78 is 7.87. The van der Waals surface area contributed by atoms with Gasteiger partial charge >= 0.3 is 0 Å². The van der Waals surface area contributed by atoms with Gasteiger partial charge in [-0.25, -0.2) is 4.98 Å². The summed E-state index contributed by atoms with van der Waals surface area (Å²) in [4.78, 5) is 4.50. The highest BCUT2D eigenvalue weighted by atomic mass is 16.5. The second kappa shape index (κ2) is 7.06. The first-order valence-corrected chi connectivity index (χ1v) is 7.46. The van der Waals surface area contributed by atoms with Crippen LogP contribution in [0.2, 0.25) is 0 Å². The summed E-state index contributed by atoms with van der Waals surface area (Å²) in [6.07, 6.45) is 9.26. The molecule has 0 aromatic carbocycles. The first-order chi connectivity index (χ1) is 9.20. The smallest absolute Gasteiger partial charge is 0.122 e. The van der Waals surface area contributed by atoms with Crippen molar-refractivity contribution >= 4 is 0 Å². The summed E-state index contributed by atoms with van der Waals surface area (Å²) in [6.45, 7) is 6.35. The van der Waals surface area contributed by atoms with Crippen LogP contribution in [0.3, 0.4) is 0 Å². The Labute approximate surface area is 116 Å². The molecule has 1 aliphatic rings. The van der Waals surface area contributed by atoms with Crippen molar-refractivity contribution < 1.29 is 4.74 Å². The Kier molecular flexibility index (Phi) is 5.40. The highest BCUT2D eigenvalue weighted by Gasteiger charge is 2.24. The SMILES string of the molecule is COC1CCCC(n2ccnc2CNCC(C)C)C1. The molecule has 0 bridgehead atoms. The molecule has 4 nitrogen and oxygen atoms in total. The molecule has 0 spiro atoms. The highest BCUT2D eigenvalue weighted by Crippen LogP contribution is 2.30. The van der Waals surface area contributed by atoms with Gasteiger partial charge in [0.25, 0.3) is 0 Å². The lowest BCUT2D eigenvalue weighted by Crippen LogP contribution is -2.27. The van der Waals surface area contributed by atoms with Crippen LogP contribution in [-0.4, -0.2) is 29.3 Å². The molecule has 1 aromatic rings. The van der Waals surface area contributed by atoms with Crippen molar-refractivity contribution in [3.05, 3.63) is 18.2 Å². The minimum Gasteiger partial charge on any atom is -0.381 e. The summed E-state index contributed by atoms with van der Waals surface area (Å²) in [5.41, 5.74) is 0. The van der Waals surface area contributed by atoms with E-state index in [1.54, 1.807) is 0 Å². The summed E-state index contributed by atoms with van der Waals surface area (Å²) in [6, 6.07) is 0.553. The average Bonchev–Trinajstić information content (AvgIpc) is 2.87. The van der Waals surface area contributed by atoms with Crippen LogP contribution in [0, 0.1) is 5.92 Å². The van der Waals surface area contributed by atoms with Gasteiger partial charge in [0.05, 0.1) is 12.6 Å². The van der Waals surface area contributed by atoms with E-state index in [0.29, 0.717) is 18.1 Å². The zero-order chi connectivity index (χ0) is 13.7. The molecular formula is C15H27N3O. The first kappa shape index (κ1) is 14.5. The fraction of sp³-hybridized carbons (Fsp3) is 0.800. The van der Waals surface area contributed by atoms with Gasteiger partial charge in [0.2, 0.25) is 0 Å². The third-order valence-corrected chi connectivity index (χ3v) is 3.91. The summed E-state index contributed by atoms with van der Waals surface area (Å²) in [5, 5.41) is 3.48. The largest absolute Gasteiger partial charge is 0.381 e. The summed E-state index contributed by atoms with van der Waals surface area (Å²) in [7, 11) is 1.83. The monoisotopic (exact) mass is 265 g/mol. The van der Waals surface area contributed by atoms with Crippen LogP contribution in [0.15, 0.2) is 12.4 Å². The fourth-order valence-electron chi connectivity index (χ4n) is 2.87. The summed E-state index contributed by atoms with van der Waals surface area (Å²) >= 11 is 0. The molecular weight excluding hydrogens is 238 g/mol. The van der Waals surface area contributed by atoms with E-state index in [1.165, 1.54) is 19.3 Å². The van der Waals surface area contributed by atoms with Crippen LogP contribution in [-0.2, 0) is 11.3 Å². The third-order valence-electron chi connectivity index (χ3n) is 3.91. The van der Waals surface area contributed by atoms with Crippen LogP contribution in [0.25, 0.3) is 0 Å². The lowest BCUT2D eigenvalue weighted by atomic mass is 9.92. The minimum atomic E-state index is 0.414. The van der Waals surface area contributed by atoms with E-state index in [0.717, 1.165) is 25.3 Å². The van der Waals surface area contributed by atoms with Gasteiger partial charge in [-0.1, -0.05) is 13.8 Å². The van der Waals surface area contributed by atoms with Gasteiger partial charge < -0.3 is 14.6 Å². The molecule has 0 amide bonds. The normalized spacial score (nSPS) is 24.0. The van der Waals surface area contributed by atoms with Gasteiger partial charge in [0.1, 0.15) is 5.82 Å². The lowest BCUT2D eigenvalue weighted by Gasteiger charge is -2.30. The Hall–Kier alpha value is -0.870. The number of rotatable bonds is 6. The predicted octanol–water partition coefficient (Wildman–Crippen LogP) is 2.76. The molecule has 0 aliphatic heterocycles. The van der Waals surface area contributed by atoms with E-state index in [9.17, 15) is 0 Å². The molecule has 4 heteroatoms. The molecule has 1 fully saturated rings. The average molecular weight is 265 g/mol. The number of aromatic nitrogens is 2. The number of hydrogen-bond acceptors (Lipinski definition) is 3. The molecule has 1 heterocycles. The van der Waals surface area contributed by atoms with Crippen molar-refractivity contribution in [3.8, 4) is 0 Å². The quantitative estimate of drug-likeness (QED) is 0.859. The third kappa shape index (κ3) is 4.05. The van der Waals surface area contributed by atoms with E-state index in [-0.39, 0.29) is 0 Å². The van der Waals surface area contributed by atoms with E-state index in [2.05, 4.69) is 34.9 Å². The Bertz CT molecular complexity index is 375. The number of nitrogens with one attached hydrogen (secondary N) is 1. The van der Waals surface area contributed by atoms with Crippen molar-refractivity contribution in [1.29, 1.82) is 0 Å². The second-order valence-corrected chi connectivity index (χ2v) is 5.95. The number of imidazole rings is 1. The van der Waals surface area contributed by atoms with Gasteiger partial charge in [-0.05, 0) is 38.1 Å². The van der Waals surface area contributed by atoms with Gasteiger partial charge in [0, 0.05) is 25.5 Å². The van der Waals surface area contributed by atoms with Crippen molar-refractivity contribution in [2.24, 2.45) is 5.92 Å². The molecule has 2 atom stereocenters. The maximum Gasteiger partial charge on any atom is 0.122 e. The predicted molar refractivity (Wildman–Crippen MR) is 77.1 cm³/mol. The Morgan fingerprint density at radius 2 is 2.32 bits per heavy atom. The second-order valence-electron chi connectivity index (χ2n) is 5.95. The lowest BCUT2D eigenvalue weighted by molar-refractivity contribution is 0.0525. The minimum absolute atomic E-state index is 0.414. The number of methoxy groups -OCH3 is 1. The van der Waals surface area contributed by atoms with Gasteiger partial charge in [0.15, 0.2) is 0 Å². The molecule has 1 aliphatic carbocycles. The molecule has 2 unspecified atom stereocenters.